The van der Waals surface area contributed by atoms with Crippen molar-refractivity contribution in [3.8, 4) is 0 Å². The van der Waals surface area contributed by atoms with E-state index in [2.05, 4.69) is 10.3 Å². The van der Waals surface area contributed by atoms with Gasteiger partial charge in [-0.1, -0.05) is 11.6 Å². The number of thiazole rings is 1. The zero-order valence-electron chi connectivity index (χ0n) is 9.61. The quantitative estimate of drug-likeness (QED) is 0.902. The van der Waals surface area contributed by atoms with Crippen LogP contribution in [0.1, 0.15) is 21.1 Å². The van der Waals surface area contributed by atoms with Crippen LogP contribution in [0.2, 0.25) is 5.02 Å². The summed E-state index contributed by atoms with van der Waals surface area (Å²) < 4.78 is 0. The summed E-state index contributed by atoms with van der Waals surface area (Å²) in [7, 11) is 0. The zero-order valence-corrected chi connectivity index (χ0v) is 11.2. The molecule has 0 aliphatic rings. The highest BCUT2D eigenvalue weighted by Gasteiger charge is 2.10. The van der Waals surface area contributed by atoms with Crippen molar-refractivity contribution in [2.45, 2.75) is 13.5 Å². The van der Waals surface area contributed by atoms with Crippen molar-refractivity contribution < 1.29 is 9.90 Å². The number of benzene rings is 1. The number of carboxylic acid groups (broad SMARTS) is 1. The summed E-state index contributed by atoms with van der Waals surface area (Å²) >= 11 is 7.39. The molecule has 0 atom stereocenters. The van der Waals surface area contributed by atoms with Crippen molar-refractivity contribution >= 4 is 34.6 Å². The van der Waals surface area contributed by atoms with Crippen molar-refractivity contribution in [1.82, 2.24) is 4.98 Å². The summed E-state index contributed by atoms with van der Waals surface area (Å²) in [6.07, 6.45) is 0. The number of carbonyl (C=O) groups is 1. The van der Waals surface area contributed by atoms with E-state index in [1.54, 1.807) is 12.1 Å². The van der Waals surface area contributed by atoms with Crippen LogP contribution in [0.15, 0.2) is 23.6 Å². The standard InChI is InChI=1S/C12H11ClN2O2S/c1-7-6-18-11(15-7)5-14-10-4-8(13)2-3-9(10)12(16)17/h2-4,6,14H,5H2,1H3,(H,16,17). The van der Waals surface area contributed by atoms with Crippen LogP contribution >= 0.6 is 22.9 Å². The van der Waals surface area contributed by atoms with Crippen LogP contribution in [0.5, 0.6) is 0 Å². The second-order valence-corrected chi connectivity index (χ2v) is 5.11. The molecular formula is C12H11ClN2O2S. The van der Waals surface area contributed by atoms with E-state index in [1.165, 1.54) is 17.4 Å². The molecule has 6 heteroatoms. The highest BCUT2D eigenvalue weighted by Crippen LogP contribution is 2.22. The number of hydrogen-bond acceptors (Lipinski definition) is 4. The minimum Gasteiger partial charge on any atom is -0.478 e. The zero-order chi connectivity index (χ0) is 13.1. The highest BCUT2D eigenvalue weighted by atomic mass is 35.5. The van der Waals surface area contributed by atoms with E-state index in [4.69, 9.17) is 16.7 Å². The molecule has 1 heterocycles. The fraction of sp³-hybridized carbons (Fsp3) is 0.167. The largest absolute Gasteiger partial charge is 0.478 e. The Labute approximate surface area is 113 Å². The Morgan fingerprint density at radius 1 is 1.56 bits per heavy atom. The Balaban J connectivity index is 2.17. The predicted molar refractivity (Wildman–Crippen MR) is 72.6 cm³/mol. The van der Waals surface area contributed by atoms with E-state index in [-0.39, 0.29) is 5.56 Å². The third-order valence-corrected chi connectivity index (χ3v) is 3.51. The molecular weight excluding hydrogens is 272 g/mol. The van der Waals surface area contributed by atoms with Crippen LogP contribution in [0.25, 0.3) is 0 Å². The van der Waals surface area contributed by atoms with Crippen molar-refractivity contribution in [2.75, 3.05) is 5.32 Å². The van der Waals surface area contributed by atoms with Gasteiger partial charge in [0.15, 0.2) is 0 Å². The minimum atomic E-state index is -0.982. The van der Waals surface area contributed by atoms with Crippen LogP contribution in [0.3, 0.4) is 0 Å². The predicted octanol–water partition coefficient (Wildman–Crippen LogP) is 3.42. The van der Waals surface area contributed by atoms with Gasteiger partial charge in [-0.2, -0.15) is 0 Å². The van der Waals surface area contributed by atoms with E-state index in [0.29, 0.717) is 17.3 Å². The monoisotopic (exact) mass is 282 g/mol. The molecule has 0 unspecified atom stereocenters. The summed E-state index contributed by atoms with van der Waals surface area (Å²) in [5.41, 5.74) is 1.66. The summed E-state index contributed by atoms with van der Waals surface area (Å²) in [4.78, 5) is 15.4. The molecule has 94 valence electrons. The Kier molecular flexibility index (Phi) is 3.84. The molecule has 0 aliphatic heterocycles. The molecule has 0 radical (unpaired) electrons. The highest BCUT2D eigenvalue weighted by molar-refractivity contribution is 7.09. The lowest BCUT2D eigenvalue weighted by molar-refractivity contribution is 0.0698. The van der Waals surface area contributed by atoms with Crippen LogP contribution < -0.4 is 5.32 Å². The molecule has 18 heavy (non-hydrogen) atoms. The molecule has 0 aliphatic carbocycles. The third kappa shape index (κ3) is 3.00. The first kappa shape index (κ1) is 12.9. The van der Waals surface area contributed by atoms with Gasteiger partial charge in [0.25, 0.3) is 0 Å². The van der Waals surface area contributed by atoms with Crippen molar-refractivity contribution in [3.05, 3.63) is 44.9 Å². The molecule has 2 rings (SSSR count). The second-order valence-electron chi connectivity index (χ2n) is 3.73. The number of aryl methyl sites for hydroxylation is 1. The van der Waals surface area contributed by atoms with Gasteiger partial charge in [0.2, 0.25) is 0 Å². The van der Waals surface area contributed by atoms with Gasteiger partial charge in [-0.3, -0.25) is 0 Å². The Hall–Kier alpha value is -1.59. The van der Waals surface area contributed by atoms with Gasteiger partial charge in [-0.05, 0) is 25.1 Å². The van der Waals surface area contributed by atoms with Crippen LogP contribution in [-0.2, 0) is 6.54 Å². The normalized spacial score (nSPS) is 10.3. The number of carboxylic acids is 1. The van der Waals surface area contributed by atoms with E-state index >= 15 is 0 Å². The lowest BCUT2D eigenvalue weighted by Gasteiger charge is -2.08. The number of nitrogens with one attached hydrogen (secondary N) is 1. The van der Waals surface area contributed by atoms with Crippen LogP contribution in [0, 0.1) is 6.92 Å². The van der Waals surface area contributed by atoms with Crippen LogP contribution in [-0.4, -0.2) is 16.1 Å². The molecule has 0 bridgehead atoms. The van der Waals surface area contributed by atoms with Gasteiger partial charge in [-0.25, -0.2) is 9.78 Å². The number of halogens is 1. The summed E-state index contributed by atoms with van der Waals surface area (Å²) in [6, 6.07) is 4.65. The van der Waals surface area contributed by atoms with Gasteiger partial charge < -0.3 is 10.4 Å². The molecule has 0 fully saturated rings. The first-order valence-electron chi connectivity index (χ1n) is 5.24. The average molecular weight is 283 g/mol. The maximum absolute atomic E-state index is 11.1. The first-order valence-corrected chi connectivity index (χ1v) is 6.50. The SMILES string of the molecule is Cc1csc(CNc2cc(Cl)ccc2C(=O)O)n1. The number of rotatable bonds is 4. The smallest absolute Gasteiger partial charge is 0.337 e. The van der Waals surface area contributed by atoms with Crippen molar-refractivity contribution in [1.29, 1.82) is 0 Å². The number of aromatic carboxylic acids is 1. The lowest BCUT2D eigenvalue weighted by atomic mass is 10.2. The topological polar surface area (TPSA) is 62.2 Å². The van der Waals surface area contributed by atoms with Crippen molar-refractivity contribution in [3.63, 3.8) is 0 Å². The van der Waals surface area contributed by atoms with E-state index in [9.17, 15) is 4.79 Å². The van der Waals surface area contributed by atoms with Gasteiger partial charge in [-0.15, -0.1) is 11.3 Å². The molecule has 0 spiro atoms. The maximum Gasteiger partial charge on any atom is 0.337 e. The molecule has 0 saturated heterocycles. The number of hydrogen-bond donors (Lipinski definition) is 2. The van der Waals surface area contributed by atoms with E-state index < -0.39 is 5.97 Å². The van der Waals surface area contributed by atoms with Gasteiger partial charge >= 0.3 is 5.97 Å². The van der Waals surface area contributed by atoms with E-state index in [1.807, 2.05) is 12.3 Å². The molecule has 0 amide bonds. The number of anilines is 1. The van der Waals surface area contributed by atoms with Gasteiger partial charge in [0, 0.05) is 16.1 Å². The molecule has 1 aromatic heterocycles. The summed E-state index contributed by atoms with van der Waals surface area (Å²) in [5.74, 6) is -0.982. The molecule has 2 N–H and O–H groups in total. The van der Waals surface area contributed by atoms with Crippen LogP contribution in [0.4, 0.5) is 5.69 Å². The fourth-order valence-corrected chi connectivity index (χ4v) is 2.39. The number of nitrogens with zero attached hydrogens (tertiary/aromatic N) is 1. The molecule has 2 aromatic rings. The summed E-state index contributed by atoms with van der Waals surface area (Å²) in [6.45, 7) is 2.40. The summed E-state index contributed by atoms with van der Waals surface area (Å²) in [5, 5.41) is 15.5. The molecule has 0 saturated carbocycles. The minimum absolute atomic E-state index is 0.202. The Bertz CT molecular complexity index is 583. The third-order valence-electron chi connectivity index (χ3n) is 2.31. The first-order chi connectivity index (χ1) is 8.56. The Morgan fingerprint density at radius 3 is 2.94 bits per heavy atom. The molecule has 1 aromatic carbocycles. The fourth-order valence-electron chi connectivity index (χ4n) is 1.50. The number of aromatic nitrogens is 1. The average Bonchev–Trinajstić information content (AvgIpc) is 2.72. The van der Waals surface area contributed by atoms with E-state index in [0.717, 1.165) is 10.7 Å². The second kappa shape index (κ2) is 5.37. The van der Waals surface area contributed by atoms with Crippen molar-refractivity contribution in [2.24, 2.45) is 0 Å². The Morgan fingerprint density at radius 2 is 2.33 bits per heavy atom. The molecule has 4 nitrogen and oxygen atoms in total. The maximum atomic E-state index is 11.1. The van der Waals surface area contributed by atoms with Gasteiger partial charge in [0.1, 0.15) is 5.01 Å². The van der Waals surface area contributed by atoms with Gasteiger partial charge in [0.05, 0.1) is 17.8 Å². The lowest BCUT2D eigenvalue weighted by Crippen LogP contribution is -2.06.